The third-order valence-corrected chi connectivity index (χ3v) is 4.48. The molecule has 0 saturated heterocycles. The summed E-state index contributed by atoms with van der Waals surface area (Å²) in [6.45, 7) is 0. The van der Waals surface area contributed by atoms with Crippen molar-refractivity contribution in [3.63, 3.8) is 0 Å². The summed E-state index contributed by atoms with van der Waals surface area (Å²) in [5, 5.41) is 10.5. The molecule has 1 aliphatic carbocycles. The number of halogens is 3. The molecule has 1 aliphatic rings. The van der Waals surface area contributed by atoms with E-state index < -0.39 is 11.4 Å². The van der Waals surface area contributed by atoms with Gasteiger partial charge in [-0.2, -0.15) is 0 Å². The molecule has 16 heavy (non-hydrogen) atoms. The van der Waals surface area contributed by atoms with E-state index in [9.17, 15) is 9.50 Å². The van der Waals surface area contributed by atoms with E-state index in [1.54, 1.807) is 12.1 Å². The molecule has 0 bridgehead atoms. The van der Waals surface area contributed by atoms with E-state index in [1.807, 2.05) is 0 Å². The SMILES string of the molecule is OC1(c2ccc(Br)c(Cl)c2F)CCCCC1. The Hall–Kier alpha value is -0.120. The van der Waals surface area contributed by atoms with E-state index in [2.05, 4.69) is 15.9 Å². The van der Waals surface area contributed by atoms with Crippen LogP contribution in [0.25, 0.3) is 0 Å². The first-order valence-electron chi connectivity index (χ1n) is 5.41. The fraction of sp³-hybridized carbons (Fsp3) is 0.500. The van der Waals surface area contributed by atoms with Crippen LogP contribution in [-0.2, 0) is 5.60 Å². The summed E-state index contributed by atoms with van der Waals surface area (Å²) in [5.41, 5.74) is -0.701. The summed E-state index contributed by atoms with van der Waals surface area (Å²) in [7, 11) is 0. The molecule has 1 aromatic rings. The Morgan fingerprint density at radius 1 is 1.25 bits per heavy atom. The van der Waals surface area contributed by atoms with Gasteiger partial charge in [-0.1, -0.05) is 36.9 Å². The summed E-state index contributed by atoms with van der Waals surface area (Å²) in [6.07, 6.45) is 4.20. The Balaban J connectivity index is 2.43. The van der Waals surface area contributed by atoms with E-state index in [-0.39, 0.29) is 5.02 Å². The lowest BCUT2D eigenvalue weighted by Crippen LogP contribution is -2.29. The third-order valence-electron chi connectivity index (χ3n) is 3.22. The molecule has 0 amide bonds. The highest BCUT2D eigenvalue weighted by atomic mass is 79.9. The van der Waals surface area contributed by atoms with E-state index in [0.717, 1.165) is 19.3 Å². The zero-order chi connectivity index (χ0) is 11.8. The largest absolute Gasteiger partial charge is 0.385 e. The van der Waals surface area contributed by atoms with Gasteiger partial charge in [0.2, 0.25) is 0 Å². The Bertz CT molecular complexity index is 402. The number of hydrogen-bond acceptors (Lipinski definition) is 1. The fourth-order valence-electron chi connectivity index (χ4n) is 2.29. The van der Waals surface area contributed by atoms with Crippen molar-refractivity contribution in [1.82, 2.24) is 0 Å². The smallest absolute Gasteiger partial charge is 0.149 e. The van der Waals surface area contributed by atoms with Gasteiger partial charge in [0.15, 0.2) is 0 Å². The standard InChI is InChI=1S/C12H13BrClFO/c13-9-5-4-8(11(15)10(9)14)12(16)6-2-1-3-7-12/h4-5,16H,1-3,6-7H2. The lowest BCUT2D eigenvalue weighted by Gasteiger charge is -2.33. The molecule has 1 aromatic carbocycles. The van der Waals surface area contributed by atoms with Crippen LogP contribution in [0, 0.1) is 5.82 Å². The predicted octanol–water partition coefficient (Wildman–Crippen LogP) is 4.39. The topological polar surface area (TPSA) is 20.2 Å². The molecular weight excluding hydrogens is 294 g/mol. The van der Waals surface area contributed by atoms with Crippen molar-refractivity contribution in [3.8, 4) is 0 Å². The fourth-order valence-corrected chi connectivity index (χ4v) is 2.76. The number of aliphatic hydroxyl groups is 1. The molecule has 0 unspecified atom stereocenters. The van der Waals surface area contributed by atoms with Crippen LogP contribution in [0.3, 0.4) is 0 Å². The molecule has 1 fully saturated rings. The summed E-state index contributed by atoms with van der Waals surface area (Å²) in [4.78, 5) is 0. The van der Waals surface area contributed by atoms with E-state index in [1.165, 1.54) is 0 Å². The predicted molar refractivity (Wildman–Crippen MR) is 66.1 cm³/mol. The van der Waals surface area contributed by atoms with Gasteiger partial charge in [0, 0.05) is 10.0 Å². The van der Waals surface area contributed by atoms with E-state index >= 15 is 0 Å². The number of rotatable bonds is 1. The van der Waals surface area contributed by atoms with Crippen LogP contribution in [0.5, 0.6) is 0 Å². The Kier molecular flexibility index (Phi) is 3.57. The quantitative estimate of drug-likeness (QED) is 0.763. The first-order valence-corrected chi connectivity index (χ1v) is 6.58. The minimum absolute atomic E-state index is 0.0523. The normalized spacial score (nSPS) is 19.8. The summed E-state index contributed by atoms with van der Waals surface area (Å²) in [6, 6.07) is 3.31. The Labute approximate surface area is 108 Å². The molecule has 0 spiro atoms. The molecule has 1 saturated carbocycles. The van der Waals surface area contributed by atoms with Crippen molar-refractivity contribution in [2.24, 2.45) is 0 Å². The van der Waals surface area contributed by atoms with Crippen molar-refractivity contribution in [3.05, 3.63) is 33.0 Å². The van der Waals surface area contributed by atoms with Gasteiger partial charge in [-0.25, -0.2) is 4.39 Å². The zero-order valence-electron chi connectivity index (χ0n) is 8.77. The van der Waals surface area contributed by atoms with Gasteiger partial charge in [0.25, 0.3) is 0 Å². The minimum atomic E-state index is -1.04. The first-order chi connectivity index (χ1) is 7.54. The molecule has 2 rings (SSSR count). The molecule has 0 heterocycles. The highest BCUT2D eigenvalue weighted by molar-refractivity contribution is 9.10. The van der Waals surface area contributed by atoms with E-state index in [0.29, 0.717) is 22.9 Å². The van der Waals surface area contributed by atoms with Crippen LogP contribution in [-0.4, -0.2) is 5.11 Å². The molecule has 0 aliphatic heterocycles. The second kappa shape index (κ2) is 4.63. The molecule has 0 radical (unpaired) electrons. The first kappa shape index (κ1) is 12.3. The molecule has 0 aromatic heterocycles. The zero-order valence-corrected chi connectivity index (χ0v) is 11.1. The van der Waals surface area contributed by atoms with Crippen LogP contribution < -0.4 is 0 Å². The van der Waals surface area contributed by atoms with Crippen LogP contribution in [0.1, 0.15) is 37.7 Å². The number of hydrogen-bond donors (Lipinski definition) is 1. The molecule has 88 valence electrons. The molecule has 0 atom stereocenters. The lowest BCUT2D eigenvalue weighted by atomic mass is 9.79. The summed E-state index contributed by atoms with van der Waals surface area (Å²) >= 11 is 9.00. The lowest BCUT2D eigenvalue weighted by molar-refractivity contribution is -0.00373. The van der Waals surface area contributed by atoms with Crippen LogP contribution >= 0.6 is 27.5 Å². The van der Waals surface area contributed by atoms with Crippen LogP contribution in [0.15, 0.2) is 16.6 Å². The Morgan fingerprint density at radius 3 is 2.50 bits per heavy atom. The molecule has 1 nitrogen and oxygen atoms in total. The molecular formula is C12H13BrClFO. The van der Waals surface area contributed by atoms with Gasteiger partial charge in [-0.15, -0.1) is 0 Å². The highest BCUT2D eigenvalue weighted by Gasteiger charge is 2.34. The second-order valence-electron chi connectivity index (χ2n) is 4.32. The van der Waals surface area contributed by atoms with Crippen molar-refractivity contribution in [1.29, 1.82) is 0 Å². The van der Waals surface area contributed by atoms with Gasteiger partial charge in [-0.05, 0) is 34.8 Å². The van der Waals surface area contributed by atoms with Crippen LogP contribution in [0.2, 0.25) is 5.02 Å². The van der Waals surface area contributed by atoms with Gasteiger partial charge in [0.05, 0.1) is 10.6 Å². The molecule has 1 N–H and O–H groups in total. The highest BCUT2D eigenvalue weighted by Crippen LogP contribution is 2.40. The summed E-state index contributed by atoms with van der Waals surface area (Å²) in [5.74, 6) is -0.500. The maximum absolute atomic E-state index is 14.0. The van der Waals surface area contributed by atoms with Crippen molar-refractivity contribution in [2.75, 3.05) is 0 Å². The van der Waals surface area contributed by atoms with Crippen molar-refractivity contribution >= 4 is 27.5 Å². The third kappa shape index (κ3) is 2.13. The van der Waals surface area contributed by atoms with Gasteiger partial charge >= 0.3 is 0 Å². The average molecular weight is 308 g/mol. The second-order valence-corrected chi connectivity index (χ2v) is 5.55. The summed E-state index contributed by atoms with van der Waals surface area (Å²) < 4.78 is 14.5. The van der Waals surface area contributed by atoms with Crippen molar-refractivity contribution < 1.29 is 9.50 Å². The van der Waals surface area contributed by atoms with Crippen molar-refractivity contribution in [2.45, 2.75) is 37.7 Å². The van der Waals surface area contributed by atoms with Crippen LogP contribution in [0.4, 0.5) is 4.39 Å². The average Bonchev–Trinajstić information content (AvgIpc) is 2.27. The minimum Gasteiger partial charge on any atom is -0.385 e. The van der Waals surface area contributed by atoms with Gasteiger partial charge in [0.1, 0.15) is 5.82 Å². The van der Waals surface area contributed by atoms with Gasteiger partial charge in [-0.3, -0.25) is 0 Å². The van der Waals surface area contributed by atoms with Gasteiger partial charge < -0.3 is 5.11 Å². The maximum Gasteiger partial charge on any atom is 0.149 e. The monoisotopic (exact) mass is 306 g/mol. The molecule has 4 heteroatoms. The number of benzene rings is 1. The maximum atomic E-state index is 14.0. The van der Waals surface area contributed by atoms with E-state index in [4.69, 9.17) is 11.6 Å². The Morgan fingerprint density at radius 2 is 1.88 bits per heavy atom.